The van der Waals surface area contributed by atoms with Crippen LogP contribution in [0, 0.1) is 17.0 Å². The maximum Gasteiger partial charge on any atom is 0.269 e. The van der Waals surface area contributed by atoms with Crippen molar-refractivity contribution in [3.63, 3.8) is 0 Å². The average molecular weight is 366 g/mol. The lowest BCUT2D eigenvalue weighted by molar-refractivity contribution is -0.384. The normalized spacial score (nSPS) is 11.0. The number of hydrogen-bond acceptors (Lipinski definition) is 7. The minimum Gasteiger partial charge on any atom is -0.365 e. The van der Waals surface area contributed by atoms with E-state index in [0.29, 0.717) is 18.3 Å². The summed E-state index contributed by atoms with van der Waals surface area (Å²) in [6.45, 7) is 2.44. The third kappa shape index (κ3) is 3.11. The molecule has 0 bridgehead atoms. The number of rotatable bonds is 5. The van der Waals surface area contributed by atoms with Gasteiger partial charge in [-0.1, -0.05) is 12.1 Å². The van der Waals surface area contributed by atoms with Crippen molar-refractivity contribution in [3.05, 3.63) is 69.3 Å². The van der Waals surface area contributed by atoms with E-state index in [4.69, 9.17) is 0 Å². The third-order valence-corrected chi connectivity index (χ3v) is 4.74. The molecule has 0 saturated heterocycles. The Labute approximate surface area is 152 Å². The van der Waals surface area contributed by atoms with Gasteiger partial charge in [0.15, 0.2) is 0 Å². The summed E-state index contributed by atoms with van der Waals surface area (Å²) in [6, 6.07) is 10.4. The highest BCUT2D eigenvalue weighted by molar-refractivity contribution is 7.18. The number of nitro groups is 1. The monoisotopic (exact) mass is 366 g/mol. The van der Waals surface area contributed by atoms with Crippen molar-refractivity contribution in [2.24, 2.45) is 0 Å². The molecule has 9 heteroatoms. The molecule has 0 atom stereocenters. The Morgan fingerprint density at radius 1 is 1.27 bits per heavy atom. The van der Waals surface area contributed by atoms with Crippen LogP contribution in [0.3, 0.4) is 0 Å². The summed E-state index contributed by atoms with van der Waals surface area (Å²) in [5.41, 5.74) is 0.874. The SMILES string of the molecule is Cc1cc2c(NCc3cccc([N+](=O)[O-])c3)nc(-n3cccn3)nc2s1. The fourth-order valence-corrected chi connectivity index (χ4v) is 3.50. The van der Waals surface area contributed by atoms with Crippen molar-refractivity contribution >= 4 is 33.1 Å². The maximum atomic E-state index is 10.9. The Morgan fingerprint density at radius 2 is 2.15 bits per heavy atom. The number of anilines is 1. The van der Waals surface area contributed by atoms with Crippen LogP contribution in [-0.2, 0) is 6.54 Å². The summed E-state index contributed by atoms with van der Waals surface area (Å²) in [6.07, 6.45) is 3.45. The fraction of sp³-hybridized carbons (Fsp3) is 0.118. The van der Waals surface area contributed by atoms with E-state index in [1.54, 1.807) is 40.5 Å². The van der Waals surface area contributed by atoms with Gasteiger partial charge in [-0.25, -0.2) is 4.68 Å². The summed E-state index contributed by atoms with van der Waals surface area (Å²) in [5, 5.41) is 19.3. The van der Waals surface area contributed by atoms with Crippen molar-refractivity contribution in [2.45, 2.75) is 13.5 Å². The summed E-state index contributed by atoms with van der Waals surface area (Å²) < 4.78 is 1.60. The first kappa shape index (κ1) is 16.2. The zero-order chi connectivity index (χ0) is 18.1. The van der Waals surface area contributed by atoms with Gasteiger partial charge in [-0.3, -0.25) is 10.1 Å². The van der Waals surface area contributed by atoms with Crippen LogP contribution in [0.25, 0.3) is 16.2 Å². The van der Waals surface area contributed by atoms with E-state index in [2.05, 4.69) is 20.4 Å². The molecule has 0 aliphatic heterocycles. The second-order valence-corrected chi connectivity index (χ2v) is 6.91. The molecule has 4 aromatic rings. The van der Waals surface area contributed by atoms with E-state index in [1.165, 1.54) is 6.07 Å². The van der Waals surface area contributed by atoms with Gasteiger partial charge in [0.1, 0.15) is 10.6 Å². The molecule has 0 radical (unpaired) electrons. The van der Waals surface area contributed by atoms with Gasteiger partial charge in [0.25, 0.3) is 11.6 Å². The maximum absolute atomic E-state index is 10.9. The number of non-ortho nitro benzene ring substituents is 1. The van der Waals surface area contributed by atoms with Crippen molar-refractivity contribution in [2.75, 3.05) is 5.32 Å². The average Bonchev–Trinajstić information content (AvgIpc) is 3.28. The van der Waals surface area contributed by atoms with Gasteiger partial charge in [0.2, 0.25) is 0 Å². The molecule has 0 aliphatic rings. The van der Waals surface area contributed by atoms with Gasteiger partial charge in [0.05, 0.1) is 10.3 Å². The highest BCUT2D eigenvalue weighted by Gasteiger charge is 2.13. The van der Waals surface area contributed by atoms with Crippen LogP contribution in [-0.4, -0.2) is 24.7 Å². The first-order valence-corrected chi connectivity index (χ1v) is 8.67. The molecule has 8 nitrogen and oxygen atoms in total. The Bertz CT molecular complexity index is 1090. The number of nitrogens with zero attached hydrogens (tertiary/aromatic N) is 5. The molecular weight excluding hydrogens is 352 g/mol. The third-order valence-electron chi connectivity index (χ3n) is 3.79. The zero-order valence-corrected chi connectivity index (χ0v) is 14.6. The lowest BCUT2D eigenvalue weighted by Crippen LogP contribution is -2.07. The van der Waals surface area contributed by atoms with Crippen molar-refractivity contribution in [1.82, 2.24) is 19.7 Å². The van der Waals surface area contributed by atoms with E-state index in [-0.39, 0.29) is 5.69 Å². The van der Waals surface area contributed by atoms with Gasteiger partial charge in [0, 0.05) is 35.9 Å². The molecule has 26 heavy (non-hydrogen) atoms. The number of thiophene rings is 1. The van der Waals surface area contributed by atoms with Gasteiger partial charge < -0.3 is 5.32 Å². The van der Waals surface area contributed by atoms with Crippen LogP contribution in [0.4, 0.5) is 11.5 Å². The lowest BCUT2D eigenvalue weighted by Gasteiger charge is -2.09. The Balaban J connectivity index is 1.69. The smallest absolute Gasteiger partial charge is 0.269 e. The summed E-state index contributed by atoms with van der Waals surface area (Å²) >= 11 is 1.58. The Morgan fingerprint density at radius 3 is 2.92 bits per heavy atom. The van der Waals surface area contributed by atoms with Gasteiger partial charge in [-0.05, 0) is 24.6 Å². The number of nitro benzene ring substituents is 1. The highest BCUT2D eigenvalue weighted by atomic mass is 32.1. The van der Waals surface area contributed by atoms with E-state index >= 15 is 0 Å². The van der Waals surface area contributed by atoms with Crippen LogP contribution in [0.5, 0.6) is 0 Å². The van der Waals surface area contributed by atoms with E-state index in [0.717, 1.165) is 20.7 Å². The molecule has 1 N–H and O–H groups in total. The largest absolute Gasteiger partial charge is 0.365 e. The number of fused-ring (bicyclic) bond motifs is 1. The minimum atomic E-state index is -0.398. The molecule has 0 fully saturated rings. The fourth-order valence-electron chi connectivity index (χ4n) is 2.62. The first-order valence-electron chi connectivity index (χ1n) is 7.85. The molecule has 0 aliphatic carbocycles. The number of aryl methyl sites for hydroxylation is 1. The molecule has 4 rings (SSSR count). The van der Waals surface area contributed by atoms with Crippen LogP contribution in [0.2, 0.25) is 0 Å². The van der Waals surface area contributed by atoms with Crippen LogP contribution >= 0.6 is 11.3 Å². The number of benzene rings is 1. The summed E-state index contributed by atoms with van der Waals surface area (Å²) in [7, 11) is 0. The van der Waals surface area contributed by atoms with Gasteiger partial charge >= 0.3 is 0 Å². The van der Waals surface area contributed by atoms with Crippen LogP contribution in [0.15, 0.2) is 48.8 Å². The quantitative estimate of drug-likeness (QED) is 0.427. The number of hydrogen-bond donors (Lipinski definition) is 1. The van der Waals surface area contributed by atoms with E-state index in [9.17, 15) is 10.1 Å². The predicted molar refractivity (Wildman–Crippen MR) is 99.7 cm³/mol. The molecule has 3 heterocycles. The molecule has 1 aromatic carbocycles. The molecule has 0 unspecified atom stereocenters. The second-order valence-electron chi connectivity index (χ2n) is 5.68. The lowest BCUT2D eigenvalue weighted by atomic mass is 10.2. The standard InChI is InChI=1S/C17H14N6O2S/c1-11-8-14-15(18-10-12-4-2-5-13(9-12)23(24)25)20-17(21-16(14)26-11)22-7-3-6-19-22/h2-9H,10H2,1H3,(H,18,20,21). The molecule has 0 spiro atoms. The van der Waals surface area contributed by atoms with Crippen molar-refractivity contribution in [1.29, 1.82) is 0 Å². The first-order chi connectivity index (χ1) is 12.6. The zero-order valence-electron chi connectivity index (χ0n) is 13.8. The van der Waals surface area contributed by atoms with Gasteiger partial charge in [-0.2, -0.15) is 15.1 Å². The van der Waals surface area contributed by atoms with Crippen LogP contribution < -0.4 is 5.32 Å². The topological polar surface area (TPSA) is 98.8 Å². The summed E-state index contributed by atoms with van der Waals surface area (Å²) in [5.74, 6) is 1.15. The van der Waals surface area contributed by atoms with Gasteiger partial charge in [-0.15, -0.1) is 11.3 Å². The Hall–Kier alpha value is -3.33. The molecule has 0 saturated carbocycles. The van der Waals surface area contributed by atoms with Crippen LogP contribution in [0.1, 0.15) is 10.4 Å². The number of nitrogens with one attached hydrogen (secondary N) is 1. The Kier molecular flexibility index (Phi) is 4.05. The predicted octanol–water partition coefficient (Wildman–Crippen LogP) is 3.71. The minimum absolute atomic E-state index is 0.0701. The summed E-state index contributed by atoms with van der Waals surface area (Å²) in [4.78, 5) is 21.7. The van der Waals surface area contributed by atoms with Crippen molar-refractivity contribution < 1.29 is 4.92 Å². The molecule has 130 valence electrons. The second kappa shape index (κ2) is 6.52. The highest BCUT2D eigenvalue weighted by Crippen LogP contribution is 2.29. The molecule has 0 amide bonds. The van der Waals surface area contributed by atoms with E-state index < -0.39 is 4.92 Å². The number of aromatic nitrogens is 4. The van der Waals surface area contributed by atoms with E-state index in [1.807, 2.05) is 25.1 Å². The van der Waals surface area contributed by atoms with Crippen molar-refractivity contribution in [3.8, 4) is 5.95 Å². The molecular formula is C17H14N6O2S. The molecule has 3 aromatic heterocycles.